The number of hydrogen-bond donors (Lipinski definition) is 2. The molecule has 37 heavy (non-hydrogen) atoms. The Labute approximate surface area is 219 Å². The number of carbonyl (C=O) groups excluding carboxylic acids is 2. The second kappa shape index (κ2) is 13.4. The second-order valence-electron chi connectivity index (χ2n) is 9.60. The molecule has 9 nitrogen and oxygen atoms in total. The summed E-state index contributed by atoms with van der Waals surface area (Å²) in [7, 11) is -4.05. The predicted octanol–water partition coefficient (Wildman–Crippen LogP) is 2.49. The molecule has 0 aliphatic rings. The fraction of sp³-hybridized carbons (Fsp3) is 0.407. The molecule has 0 aliphatic heterocycles. The first-order valence-corrected chi connectivity index (χ1v) is 13.5. The Bertz CT molecular complexity index is 1170. The Morgan fingerprint density at radius 3 is 2.11 bits per heavy atom. The quantitative estimate of drug-likeness (QED) is 0.383. The van der Waals surface area contributed by atoms with E-state index in [2.05, 4.69) is 11.9 Å². The van der Waals surface area contributed by atoms with Crippen LogP contribution in [0.2, 0.25) is 0 Å². The number of aliphatic hydroxyl groups is 1. The number of amides is 2. The van der Waals surface area contributed by atoms with Gasteiger partial charge in [0.1, 0.15) is 6.09 Å². The highest BCUT2D eigenvalue weighted by Gasteiger charge is 2.33. The third kappa shape index (κ3) is 8.99. The number of nitrogens with one attached hydrogen (secondary N) is 1. The van der Waals surface area contributed by atoms with E-state index in [1.54, 1.807) is 19.1 Å². The van der Waals surface area contributed by atoms with Gasteiger partial charge in [-0.25, -0.2) is 8.42 Å². The lowest BCUT2D eigenvalue weighted by Gasteiger charge is -2.39. The van der Waals surface area contributed by atoms with Crippen molar-refractivity contribution in [3.8, 4) is 0 Å². The van der Waals surface area contributed by atoms with Crippen molar-refractivity contribution in [3.63, 3.8) is 0 Å². The Kier molecular flexibility index (Phi) is 10.8. The van der Waals surface area contributed by atoms with Gasteiger partial charge >= 0.3 is 0 Å². The molecule has 0 fully saturated rings. The topological polar surface area (TPSA) is 130 Å². The summed E-state index contributed by atoms with van der Waals surface area (Å²) in [5.41, 5.74) is 1.79. The van der Waals surface area contributed by atoms with Crippen molar-refractivity contribution in [2.45, 2.75) is 51.2 Å². The van der Waals surface area contributed by atoms with Crippen molar-refractivity contribution >= 4 is 27.7 Å². The lowest BCUT2D eigenvalue weighted by Crippen LogP contribution is -2.56. The molecule has 0 aliphatic carbocycles. The molecule has 0 saturated carbocycles. The average Bonchev–Trinajstić information content (AvgIpc) is 2.80. The minimum Gasteiger partial charge on any atom is -0.530 e. The molecule has 0 unspecified atom stereocenters. The van der Waals surface area contributed by atoms with E-state index >= 15 is 0 Å². The molecule has 202 valence electrons. The summed E-state index contributed by atoms with van der Waals surface area (Å²) in [5.74, 6) is -0.349. The molecule has 0 heterocycles. The van der Waals surface area contributed by atoms with Crippen LogP contribution in [0.25, 0.3) is 0 Å². The molecule has 0 saturated heterocycles. The molecule has 2 N–H and O–H groups in total. The summed E-state index contributed by atoms with van der Waals surface area (Å²) in [6, 6.07) is 13.8. The standard InChI is InChI=1S/C27H37N3O6S/c1-19(2)16-29(37(35,36)24-13-11-23(12-14-24)28-21(5)31)18-26(32)25(15-22-9-7-6-8-10-22)30(27(33)34)17-20(3)4/h6-14,19,25-26,32H,3,15-18H2,1-2,4-5H3,(H,28,31)(H,33,34)/p-1/t25-,26+/m0/s1. The van der Waals surface area contributed by atoms with Crippen LogP contribution in [0.5, 0.6) is 0 Å². The van der Waals surface area contributed by atoms with E-state index in [1.807, 2.05) is 32.0 Å². The Balaban J connectivity index is 2.41. The largest absolute Gasteiger partial charge is 0.530 e. The van der Waals surface area contributed by atoms with E-state index in [4.69, 9.17) is 0 Å². The summed E-state index contributed by atoms with van der Waals surface area (Å²) in [5, 5.41) is 26.0. The summed E-state index contributed by atoms with van der Waals surface area (Å²) >= 11 is 0. The van der Waals surface area contributed by atoms with Gasteiger partial charge in [-0.1, -0.05) is 56.3 Å². The van der Waals surface area contributed by atoms with Crippen molar-refractivity contribution in [2.24, 2.45) is 5.92 Å². The van der Waals surface area contributed by atoms with Crippen LogP contribution < -0.4 is 10.4 Å². The van der Waals surface area contributed by atoms with Crippen molar-refractivity contribution < 1.29 is 28.2 Å². The fourth-order valence-corrected chi connectivity index (χ4v) is 5.61. The normalized spacial score (nSPS) is 13.3. The molecule has 2 atom stereocenters. The second-order valence-corrected chi connectivity index (χ2v) is 11.5. The van der Waals surface area contributed by atoms with Crippen LogP contribution in [0.15, 0.2) is 71.6 Å². The van der Waals surface area contributed by atoms with Gasteiger partial charge < -0.3 is 25.2 Å². The maximum atomic E-state index is 13.6. The van der Waals surface area contributed by atoms with E-state index in [0.29, 0.717) is 11.3 Å². The summed E-state index contributed by atoms with van der Waals surface area (Å²) in [6.07, 6.45) is -2.68. The highest BCUT2D eigenvalue weighted by atomic mass is 32.2. The Morgan fingerprint density at radius 2 is 1.62 bits per heavy atom. The molecule has 2 rings (SSSR count). The van der Waals surface area contributed by atoms with Crippen molar-refractivity contribution in [3.05, 3.63) is 72.3 Å². The first-order chi connectivity index (χ1) is 17.3. The van der Waals surface area contributed by atoms with Gasteiger partial charge in [0.05, 0.1) is 17.0 Å². The number of anilines is 1. The smallest absolute Gasteiger partial charge is 0.243 e. The molecule has 0 spiro atoms. The van der Waals surface area contributed by atoms with E-state index < -0.39 is 28.3 Å². The van der Waals surface area contributed by atoms with E-state index in [-0.39, 0.29) is 42.8 Å². The van der Waals surface area contributed by atoms with E-state index in [1.165, 1.54) is 35.5 Å². The number of carbonyl (C=O) groups is 2. The van der Waals surface area contributed by atoms with Crippen LogP contribution in [0.4, 0.5) is 10.5 Å². The van der Waals surface area contributed by atoms with Gasteiger partial charge in [0.2, 0.25) is 15.9 Å². The number of carboxylic acid groups (broad SMARTS) is 1. The van der Waals surface area contributed by atoms with Gasteiger partial charge in [0.15, 0.2) is 0 Å². The van der Waals surface area contributed by atoms with Gasteiger partial charge in [0, 0.05) is 32.2 Å². The van der Waals surface area contributed by atoms with Crippen LogP contribution >= 0.6 is 0 Å². The lowest BCUT2D eigenvalue weighted by molar-refractivity contribution is -0.269. The van der Waals surface area contributed by atoms with Crippen LogP contribution in [-0.4, -0.2) is 66.5 Å². The summed E-state index contributed by atoms with van der Waals surface area (Å²) in [4.78, 5) is 24.3. The van der Waals surface area contributed by atoms with E-state index in [0.717, 1.165) is 10.5 Å². The molecular formula is C27H36N3O6S-. The van der Waals surface area contributed by atoms with Crippen molar-refractivity contribution in [1.82, 2.24) is 9.21 Å². The molecule has 2 aromatic carbocycles. The highest BCUT2D eigenvalue weighted by molar-refractivity contribution is 7.89. The van der Waals surface area contributed by atoms with Crippen molar-refractivity contribution in [1.29, 1.82) is 0 Å². The van der Waals surface area contributed by atoms with Gasteiger partial charge in [-0.2, -0.15) is 4.31 Å². The van der Waals surface area contributed by atoms with Crippen molar-refractivity contribution in [2.75, 3.05) is 25.0 Å². The number of rotatable bonds is 13. The first-order valence-electron chi connectivity index (χ1n) is 12.0. The molecule has 0 aromatic heterocycles. The van der Waals surface area contributed by atoms with E-state index in [9.17, 15) is 28.2 Å². The number of nitrogens with zero attached hydrogens (tertiary/aromatic N) is 2. The Hall–Kier alpha value is -3.21. The predicted molar refractivity (Wildman–Crippen MR) is 141 cm³/mol. The SMILES string of the molecule is C=C(C)CN(C(=O)[O-])[C@@H](Cc1ccccc1)[C@H](O)CN(CC(C)C)S(=O)(=O)c1ccc(NC(C)=O)cc1. The maximum absolute atomic E-state index is 13.6. The van der Waals surface area contributed by atoms with Gasteiger partial charge in [-0.15, -0.1) is 0 Å². The first kappa shape index (κ1) is 30.0. The van der Waals surface area contributed by atoms with Gasteiger partial charge in [-0.3, -0.25) is 4.79 Å². The number of hydrogen-bond acceptors (Lipinski definition) is 6. The highest BCUT2D eigenvalue weighted by Crippen LogP contribution is 2.22. The van der Waals surface area contributed by atoms with Crippen LogP contribution in [0.1, 0.15) is 33.3 Å². The molecule has 0 bridgehead atoms. The zero-order chi connectivity index (χ0) is 27.8. The minimum atomic E-state index is -4.05. The van der Waals surface area contributed by atoms with Gasteiger partial charge in [0.25, 0.3) is 0 Å². The minimum absolute atomic E-state index is 0.00671. The Morgan fingerprint density at radius 1 is 1.03 bits per heavy atom. The molecule has 10 heteroatoms. The van der Waals surface area contributed by atoms with Crippen LogP contribution in [0, 0.1) is 5.92 Å². The number of aliphatic hydroxyl groups excluding tert-OH is 1. The average molecular weight is 531 g/mol. The number of sulfonamides is 1. The molecule has 2 amide bonds. The number of benzene rings is 2. The lowest BCUT2D eigenvalue weighted by atomic mass is 9.99. The molecule has 2 aromatic rings. The third-order valence-corrected chi connectivity index (χ3v) is 7.42. The zero-order valence-electron chi connectivity index (χ0n) is 21.8. The monoisotopic (exact) mass is 530 g/mol. The summed E-state index contributed by atoms with van der Waals surface area (Å²) in [6.45, 7) is 10.2. The third-order valence-electron chi connectivity index (χ3n) is 5.58. The molecule has 0 radical (unpaired) electrons. The van der Waals surface area contributed by atoms with Crippen LogP contribution in [0.3, 0.4) is 0 Å². The maximum Gasteiger partial charge on any atom is 0.243 e. The van der Waals surface area contributed by atoms with Crippen LogP contribution in [-0.2, 0) is 21.2 Å². The fourth-order valence-electron chi connectivity index (χ4n) is 3.99. The zero-order valence-corrected chi connectivity index (χ0v) is 22.6. The van der Waals surface area contributed by atoms with Gasteiger partial charge in [-0.05, 0) is 49.1 Å². The summed E-state index contributed by atoms with van der Waals surface area (Å²) < 4.78 is 28.3. The molecular weight excluding hydrogens is 494 g/mol.